The molecule has 1 aromatic carbocycles. The number of hydrogen-bond acceptors (Lipinski definition) is 7. The van der Waals surface area contributed by atoms with Crippen molar-refractivity contribution in [1.82, 2.24) is 9.46 Å². The molecule has 3 rings (SSSR count). The van der Waals surface area contributed by atoms with Crippen LogP contribution in [0.25, 0.3) is 0 Å². The molecule has 1 aromatic heterocycles. The van der Waals surface area contributed by atoms with Gasteiger partial charge >= 0.3 is 5.97 Å². The van der Waals surface area contributed by atoms with E-state index in [1.807, 2.05) is 6.92 Å². The minimum Gasteiger partial charge on any atom is -0.494 e. The van der Waals surface area contributed by atoms with Gasteiger partial charge < -0.3 is 14.0 Å². The van der Waals surface area contributed by atoms with Gasteiger partial charge in [0.1, 0.15) is 18.1 Å². The maximum Gasteiger partial charge on any atom is 0.309 e. The number of esters is 1. The Kier molecular flexibility index (Phi) is 6.59. The van der Waals surface area contributed by atoms with E-state index in [0.717, 1.165) is 5.56 Å². The zero-order valence-electron chi connectivity index (χ0n) is 16.9. The molecule has 0 N–H and O–H groups in total. The normalized spacial score (nSPS) is 16.0. The highest BCUT2D eigenvalue weighted by atomic mass is 32.2. The van der Waals surface area contributed by atoms with Crippen molar-refractivity contribution in [3.8, 4) is 5.75 Å². The van der Waals surface area contributed by atoms with E-state index < -0.39 is 10.0 Å². The van der Waals surface area contributed by atoms with Crippen molar-refractivity contribution >= 4 is 16.0 Å². The Morgan fingerprint density at radius 2 is 1.86 bits per heavy atom. The molecular formula is C20H26N2O6S. The second-order valence-electron chi connectivity index (χ2n) is 6.99. The first kappa shape index (κ1) is 21.3. The average molecular weight is 423 g/mol. The third-order valence-corrected chi connectivity index (χ3v) is 7.01. The van der Waals surface area contributed by atoms with Crippen molar-refractivity contribution in [3.05, 3.63) is 41.3 Å². The lowest BCUT2D eigenvalue weighted by atomic mass is 9.98. The summed E-state index contributed by atoms with van der Waals surface area (Å²) in [4.78, 5) is 12.6. The second kappa shape index (κ2) is 8.96. The maximum atomic E-state index is 12.8. The van der Waals surface area contributed by atoms with Crippen molar-refractivity contribution < 1.29 is 27.2 Å². The fraction of sp³-hybridized carbons (Fsp3) is 0.500. The number of hydrogen-bond donors (Lipinski definition) is 0. The number of piperidine rings is 1. The third kappa shape index (κ3) is 4.79. The standard InChI is InChI=1S/C20H26N2O6S/c1-4-26-17-5-7-18(8-6-17)29(24,25)22-11-9-16(10-12-22)20(23)27-13-19-14(2)21-28-15(19)3/h5-8,16H,4,9-13H2,1-3H3. The number of carbonyl (C=O) groups is 1. The largest absolute Gasteiger partial charge is 0.494 e. The van der Waals surface area contributed by atoms with Gasteiger partial charge in [-0.25, -0.2) is 8.42 Å². The number of ether oxygens (including phenoxy) is 2. The van der Waals surface area contributed by atoms with Crippen LogP contribution in [-0.4, -0.2) is 43.5 Å². The summed E-state index contributed by atoms with van der Waals surface area (Å²) in [6.07, 6.45) is 0.855. The molecule has 1 fully saturated rings. The lowest BCUT2D eigenvalue weighted by Gasteiger charge is -2.30. The van der Waals surface area contributed by atoms with E-state index >= 15 is 0 Å². The molecule has 2 aromatic rings. The molecule has 0 unspecified atom stereocenters. The van der Waals surface area contributed by atoms with Crippen LogP contribution in [-0.2, 0) is 26.2 Å². The van der Waals surface area contributed by atoms with Crippen LogP contribution >= 0.6 is 0 Å². The highest BCUT2D eigenvalue weighted by Gasteiger charge is 2.33. The van der Waals surface area contributed by atoms with Crippen LogP contribution in [0, 0.1) is 19.8 Å². The first-order valence-corrected chi connectivity index (χ1v) is 11.1. The Balaban J connectivity index is 1.55. The zero-order valence-corrected chi connectivity index (χ0v) is 17.7. The van der Waals surface area contributed by atoms with Gasteiger partial charge in [0.25, 0.3) is 0 Å². The number of aryl methyl sites for hydroxylation is 2. The van der Waals surface area contributed by atoms with Gasteiger partial charge in [0, 0.05) is 13.1 Å². The SMILES string of the molecule is CCOc1ccc(S(=O)(=O)N2CCC(C(=O)OCc3c(C)noc3C)CC2)cc1. The smallest absolute Gasteiger partial charge is 0.309 e. The molecule has 8 nitrogen and oxygen atoms in total. The van der Waals surface area contributed by atoms with Crippen molar-refractivity contribution in [2.75, 3.05) is 19.7 Å². The summed E-state index contributed by atoms with van der Waals surface area (Å²) in [6, 6.07) is 6.39. The summed E-state index contributed by atoms with van der Waals surface area (Å²) in [6.45, 7) is 6.63. The van der Waals surface area contributed by atoms with Gasteiger partial charge in [-0.05, 0) is 57.9 Å². The Hall–Kier alpha value is -2.39. The van der Waals surface area contributed by atoms with Gasteiger partial charge in [-0.15, -0.1) is 0 Å². The van der Waals surface area contributed by atoms with Crippen molar-refractivity contribution in [2.45, 2.75) is 45.1 Å². The molecule has 0 saturated carbocycles. The molecule has 9 heteroatoms. The van der Waals surface area contributed by atoms with Crippen molar-refractivity contribution in [3.63, 3.8) is 0 Å². The molecule has 0 bridgehead atoms. The van der Waals surface area contributed by atoms with Gasteiger partial charge in [0.2, 0.25) is 10.0 Å². The first-order valence-electron chi connectivity index (χ1n) is 9.64. The van der Waals surface area contributed by atoms with Gasteiger partial charge in [0.15, 0.2) is 0 Å². The molecule has 0 radical (unpaired) electrons. The fourth-order valence-electron chi connectivity index (χ4n) is 3.32. The van der Waals surface area contributed by atoms with Crippen LogP contribution in [0.15, 0.2) is 33.7 Å². The van der Waals surface area contributed by atoms with Crippen LogP contribution in [0.5, 0.6) is 5.75 Å². The zero-order chi connectivity index (χ0) is 21.0. The van der Waals surface area contributed by atoms with E-state index in [9.17, 15) is 13.2 Å². The quantitative estimate of drug-likeness (QED) is 0.633. The molecule has 29 heavy (non-hydrogen) atoms. The van der Waals surface area contributed by atoms with Gasteiger partial charge in [-0.1, -0.05) is 5.16 Å². The molecule has 1 saturated heterocycles. The number of nitrogens with zero attached hydrogens (tertiary/aromatic N) is 2. The van der Waals surface area contributed by atoms with E-state index in [-0.39, 0.29) is 36.5 Å². The number of sulfonamides is 1. The number of aromatic nitrogens is 1. The predicted molar refractivity (Wildman–Crippen MR) is 105 cm³/mol. The molecule has 0 amide bonds. The molecule has 0 atom stereocenters. The Labute approximate surface area is 170 Å². The molecular weight excluding hydrogens is 396 g/mol. The first-order chi connectivity index (χ1) is 13.8. The summed E-state index contributed by atoms with van der Waals surface area (Å²) in [5.74, 6) is 0.628. The second-order valence-corrected chi connectivity index (χ2v) is 8.93. The molecule has 158 valence electrons. The summed E-state index contributed by atoms with van der Waals surface area (Å²) in [7, 11) is -3.60. The van der Waals surface area contributed by atoms with Gasteiger partial charge in [-0.2, -0.15) is 4.31 Å². The topological polar surface area (TPSA) is 98.9 Å². The number of carbonyl (C=O) groups excluding carboxylic acids is 1. The number of benzene rings is 1. The molecule has 2 heterocycles. The van der Waals surface area contributed by atoms with E-state index in [1.54, 1.807) is 38.1 Å². The summed E-state index contributed by atoms with van der Waals surface area (Å²) < 4.78 is 42.9. The Morgan fingerprint density at radius 3 is 2.41 bits per heavy atom. The lowest BCUT2D eigenvalue weighted by Crippen LogP contribution is -2.40. The van der Waals surface area contributed by atoms with E-state index in [1.165, 1.54) is 4.31 Å². The third-order valence-electron chi connectivity index (χ3n) is 5.10. The highest BCUT2D eigenvalue weighted by molar-refractivity contribution is 7.89. The summed E-state index contributed by atoms with van der Waals surface area (Å²) in [5, 5.41) is 3.84. The van der Waals surface area contributed by atoms with Gasteiger partial charge in [0.05, 0.1) is 28.7 Å². The summed E-state index contributed by atoms with van der Waals surface area (Å²) >= 11 is 0. The van der Waals surface area contributed by atoms with Crippen LogP contribution in [0.2, 0.25) is 0 Å². The minimum absolute atomic E-state index is 0.116. The summed E-state index contributed by atoms with van der Waals surface area (Å²) in [5.41, 5.74) is 1.47. The molecule has 1 aliphatic heterocycles. The van der Waals surface area contributed by atoms with E-state index in [4.69, 9.17) is 14.0 Å². The Bertz CT molecular complexity index is 924. The lowest BCUT2D eigenvalue weighted by molar-refractivity contribution is -0.151. The average Bonchev–Trinajstić information content (AvgIpc) is 3.04. The Morgan fingerprint density at radius 1 is 1.21 bits per heavy atom. The molecule has 0 aliphatic carbocycles. The maximum absolute atomic E-state index is 12.8. The minimum atomic E-state index is -3.60. The van der Waals surface area contributed by atoms with E-state index in [0.29, 0.717) is 36.7 Å². The van der Waals surface area contributed by atoms with Crippen LogP contribution in [0.1, 0.15) is 36.8 Å². The molecule has 0 spiro atoms. The number of rotatable bonds is 7. The van der Waals surface area contributed by atoms with Crippen LogP contribution < -0.4 is 4.74 Å². The molecule has 1 aliphatic rings. The van der Waals surface area contributed by atoms with Crippen LogP contribution in [0.3, 0.4) is 0 Å². The van der Waals surface area contributed by atoms with Gasteiger partial charge in [-0.3, -0.25) is 4.79 Å². The van der Waals surface area contributed by atoms with Crippen molar-refractivity contribution in [1.29, 1.82) is 0 Å². The van der Waals surface area contributed by atoms with Crippen LogP contribution in [0.4, 0.5) is 0 Å². The fourth-order valence-corrected chi connectivity index (χ4v) is 4.79. The monoisotopic (exact) mass is 422 g/mol. The van der Waals surface area contributed by atoms with Crippen molar-refractivity contribution in [2.24, 2.45) is 5.92 Å². The predicted octanol–water partition coefficient (Wildman–Crippen LogP) is 2.83. The van der Waals surface area contributed by atoms with E-state index in [2.05, 4.69) is 5.16 Å². The highest BCUT2D eigenvalue weighted by Crippen LogP contribution is 2.26.